The summed E-state index contributed by atoms with van der Waals surface area (Å²) in [5.74, 6) is 2.01. The lowest BCUT2D eigenvalue weighted by Crippen LogP contribution is -2.25. The molecule has 1 aliphatic rings. The second-order valence-corrected chi connectivity index (χ2v) is 5.68. The van der Waals surface area contributed by atoms with Gasteiger partial charge >= 0.3 is 0 Å². The smallest absolute Gasteiger partial charge is 0.163 e. The van der Waals surface area contributed by atoms with Crippen LogP contribution in [-0.4, -0.2) is 44.2 Å². The van der Waals surface area contributed by atoms with Crippen molar-refractivity contribution < 1.29 is 19.3 Å². The van der Waals surface area contributed by atoms with Gasteiger partial charge in [-0.05, 0) is 18.1 Å². The zero-order chi connectivity index (χ0) is 15.1. The predicted octanol–water partition coefficient (Wildman–Crippen LogP) is 2.29. The molecule has 118 valence electrons. The van der Waals surface area contributed by atoms with Crippen LogP contribution in [0.2, 0.25) is 0 Å². The van der Waals surface area contributed by atoms with Gasteiger partial charge in [-0.25, -0.2) is 0 Å². The number of hydrogen-bond acceptors (Lipinski definition) is 5. The molecule has 2 rings (SSSR count). The first-order valence-electron chi connectivity index (χ1n) is 7.54. The molecule has 1 heterocycles. The third-order valence-corrected chi connectivity index (χ3v) is 3.05. The van der Waals surface area contributed by atoms with Crippen molar-refractivity contribution in [3.05, 3.63) is 18.2 Å². The van der Waals surface area contributed by atoms with Gasteiger partial charge in [-0.1, -0.05) is 13.8 Å². The van der Waals surface area contributed by atoms with Crippen LogP contribution in [0.15, 0.2) is 18.2 Å². The third kappa shape index (κ3) is 5.44. The van der Waals surface area contributed by atoms with Gasteiger partial charge in [0.25, 0.3) is 0 Å². The molecule has 21 heavy (non-hydrogen) atoms. The van der Waals surface area contributed by atoms with Crippen molar-refractivity contribution in [1.82, 2.24) is 0 Å². The summed E-state index contributed by atoms with van der Waals surface area (Å²) < 4.78 is 16.6. The van der Waals surface area contributed by atoms with E-state index in [1.165, 1.54) is 0 Å². The van der Waals surface area contributed by atoms with Gasteiger partial charge in [-0.3, -0.25) is 0 Å². The van der Waals surface area contributed by atoms with Crippen molar-refractivity contribution >= 4 is 5.69 Å². The van der Waals surface area contributed by atoms with Crippen molar-refractivity contribution in [1.29, 1.82) is 0 Å². The van der Waals surface area contributed by atoms with E-state index in [0.29, 0.717) is 38.9 Å². The molecule has 1 atom stereocenters. The van der Waals surface area contributed by atoms with Crippen LogP contribution in [0.5, 0.6) is 11.5 Å². The van der Waals surface area contributed by atoms with Crippen molar-refractivity contribution in [2.24, 2.45) is 5.92 Å². The van der Waals surface area contributed by atoms with E-state index in [9.17, 15) is 5.11 Å². The van der Waals surface area contributed by atoms with Gasteiger partial charge in [0.05, 0.1) is 25.9 Å². The van der Waals surface area contributed by atoms with Gasteiger partial charge in [0, 0.05) is 31.3 Å². The van der Waals surface area contributed by atoms with E-state index in [4.69, 9.17) is 14.2 Å². The zero-order valence-corrected chi connectivity index (χ0v) is 12.8. The fourth-order valence-corrected chi connectivity index (χ4v) is 2.01. The molecule has 0 saturated carbocycles. The summed E-state index contributed by atoms with van der Waals surface area (Å²) >= 11 is 0. The first kappa shape index (κ1) is 15.9. The van der Waals surface area contributed by atoms with Crippen LogP contribution in [0.1, 0.15) is 20.3 Å². The molecule has 0 radical (unpaired) electrons. The second-order valence-electron chi connectivity index (χ2n) is 5.68. The van der Waals surface area contributed by atoms with Gasteiger partial charge in [0.2, 0.25) is 0 Å². The number of anilines is 1. The molecule has 0 saturated heterocycles. The minimum absolute atomic E-state index is 0.343. The van der Waals surface area contributed by atoms with Crippen LogP contribution in [0.3, 0.4) is 0 Å². The summed E-state index contributed by atoms with van der Waals surface area (Å²) in [7, 11) is 0. The van der Waals surface area contributed by atoms with Crippen LogP contribution >= 0.6 is 0 Å². The number of aliphatic hydroxyl groups is 1. The van der Waals surface area contributed by atoms with Gasteiger partial charge in [0.1, 0.15) is 0 Å². The molecular formula is C16H25NO4. The van der Waals surface area contributed by atoms with Gasteiger partial charge in [-0.2, -0.15) is 0 Å². The Labute approximate surface area is 126 Å². The molecule has 1 unspecified atom stereocenters. The molecule has 5 heteroatoms. The Bertz CT molecular complexity index is 436. The summed E-state index contributed by atoms with van der Waals surface area (Å²) in [5, 5.41) is 13.1. The molecule has 0 aliphatic carbocycles. The molecular weight excluding hydrogens is 270 g/mol. The van der Waals surface area contributed by atoms with E-state index < -0.39 is 6.10 Å². The highest BCUT2D eigenvalue weighted by molar-refractivity contribution is 5.55. The fourth-order valence-electron chi connectivity index (χ4n) is 2.01. The van der Waals surface area contributed by atoms with Crippen LogP contribution in [-0.2, 0) is 4.74 Å². The lowest BCUT2D eigenvalue weighted by atomic mass is 10.2. The van der Waals surface area contributed by atoms with Crippen LogP contribution < -0.4 is 14.8 Å². The van der Waals surface area contributed by atoms with Crippen molar-refractivity contribution in [2.75, 3.05) is 38.3 Å². The summed E-state index contributed by atoms with van der Waals surface area (Å²) in [5.41, 5.74) is 0.905. The third-order valence-electron chi connectivity index (χ3n) is 3.05. The van der Waals surface area contributed by atoms with E-state index in [2.05, 4.69) is 19.2 Å². The number of fused-ring (bicyclic) bond motifs is 1. The van der Waals surface area contributed by atoms with Gasteiger partial charge in [0.15, 0.2) is 11.5 Å². The molecule has 1 aliphatic heterocycles. The van der Waals surface area contributed by atoms with E-state index >= 15 is 0 Å². The minimum Gasteiger partial charge on any atom is -0.490 e. The van der Waals surface area contributed by atoms with E-state index in [-0.39, 0.29) is 0 Å². The van der Waals surface area contributed by atoms with Gasteiger partial charge < -0.3 is 24.6 Å². The molecule has 0 bridgehead atoms. The number of hydrogen-bond donors (Lipinski definition) is 2. The average molecular weight is 295 g/mol. The van der Waals surface area contributed by atoms with Gasteiger partial charge in [-0.15, -0.1) is 0 Å². The number of ether oxygens (including phenoxy) is 3. The lowest BCUT2D eigenvalue weighted by Gasteiger charge is -2.15. The summed E-state index contributed by atoms with van der Waals surface area (Å²) in [6, 6.07) is 5.72. The topological polar surface area (TPSA) is 60.0 Å². The SMILES string of the molecule is CC(C)COCC(O)CNc1ccc2c(c1)OCCCO2. The lowest BCUT2D eigenvalue weighted by molar-refractivity contribution is 0.0318. The number of aliphatic hydroxyl groups excluding tert-OH is 1. The first-order valence-corrected chi connectivity index (χ1v) is 7.54. The largest absolute Gasteiger partial charge is 0.490 e. The molecule has 2 N–H and O–H groups in total. The molecule has 0 aromatic heterocycles. The molecule has 0 spiro atoms. The standard InChI is InChI=1S/C16H25NO4/c1-12(2)10-19-11-14(18)9-17-13-4-5-15-16(8-13)21-7-3-6-20-15/h4-5,8,12,14,17-18H,3,6-7,9-11H2,1-2H3. The maximum Gasteiger partial charge on any atom is 0.163 e. The van der Waals surface area contributed by atoms with Crippen molar-refractivity contribution in [3.63, 3.8) is 0 Å². The Morgan fingerprint density at radius 2 is 1.95 bits per heavy atom. The molecule has 1 aromatic rings. The maximum atomic E-state index is 9.86. The summed E-state index contributed by atoms with van der Waals surface area (Å²) in [6.07, 6.45) is 0.364. The minimum atomic E-state index is -0.528. The monoisotopic (exact) mass is 295 g/mol. The summed E-state index contributed by atoms with van der Waals surface area (Å²) in [4.78, 5) is 0. The van der Waals surface area contributed by atoms with E-state index in [1.807, 2.05) is 18.2 Å². The summed E-state index contributed by atoms with van der Waals surface area (Å²) in [6.45, 7) is 6.98. The Kier molecular flexibility index (Phi) is 6.14. The maximum absolute atomic E-state index is 9.86. The quantitative estimate of drug-likeness (QED) is 0.808. The predicted molar refractivity (Wildman–Crippen MR) is 82.2 cm³/mol. The Balaban J connectivity index is 1.79. The highest BCUT2D eigenvalue weighted by Crippen LogP contribution is 2.32. The normalized spacial score (nSPS) is 15.6. The number of benzene rings is 1. The molecule has 0 amide bonds. The van der Waals surface area contributed by atoms with Crippen molar-refractivity contribution in [3.8, 4) is 11.5 Å². The van der Waals surface area contributed by atoms with Crippen LogP contribution in [0, 0.1) is 5.92 Å². The van der Waals surface area contributed by atoms with Crippen molar-refractivity contribution in [2.45, 2.75) is 26.4 Å². The molecule has 1 aromatic carbocycles. The van der Waals surface area contributed by atoms with E-state index in [1.54, 1.807) is 0 Å². The highest BCUT2D eigenvalue weighted by atomic mass is 16.5. The Morgan fingerprint density at radius 3 is 2.71 bits per heavy atom. The Morgan fingerprint density at radius 1 is 1.19 bits per heavy atom. The number of nitrogens with one attached hydrogen (secondary N) is 1. The second kappa shape index (κ2) is 8.10. The fraction of sp³-hybridized carbons (Fsp3) is 0.625. The Hall–Kier alpha value is -1.46. The highest BCUT2D eigenvalue weighted by Gasteiger charge is 2.11. The molecule has 0 fully saturated rings. The van der Waals surface area contributed by atoms with Crippen LogP contribution in [0.4, 0.5) is 5.69 Å². The van der Waals surface area contributed by atoms with E-state index in [0.717, 1.165) is 23.6 Å². The first-order chi connectivity index (χ1) is 10.1. The van der Waals surface area contributed by atoms with Crippen LogP contribution in [0.25, 0.3) is 0 Å². The molecule has 5 nitrogen and oxygen atoms in total. The number of rotatable bonds is 7. The average Bonchev–Trinajstić information content (AvgIpc) is 2.69. The zero-order valence-electron chi connectivity index (χ0n) is 12.8.